The number of unbranched alkanes of at least 4 members (excludes halogenated alkanes) is 9. The summed E-state index contributed by atoms with van der Waals surface area (Å²) in [5.41, 5.74) is 5.59. The van der Waals surface area contributed by atoms with Gasteiger partial charge in [-0.2, -0.15) is 9.13 Å². The van der Waals surface area contributed by atoms with Crippen molar-refractivity contribution in [2.24, 2.45) is 14.1 Å². The Balaban J connectivity index is 1.03. The Morgan fingerprint density at radius 1 is 0.412 bits per heavy atom. The van der Waals surface area contributed by atoms with E-state index in [2.05, 4.69) is 96.0 Å². The molecule has 2 aromatic carbocycles. The van der Waals surface area contributed by atoms with Gasteiger partial charge in [0, 0.05) is 47.9 Å². The van der Waals surface area contributed by atoms with E-state index >= 15 is 0 Å². The van der Waals surface area contributed by atoms with Crippen LogP contribution in [0.15, 0.2) is 72.8 Å². The molecule has 0 saturated carbocycles. The highest BCUT2D eigenvalue weighted by atomic mass is 14.9. The van der Waals surface area contributed by atoms with E-state index in [0.29, 0.717) is 0 Å². The first-order chi connectivity index (χ1) is 16.7. The van der Waals surface area contributed by atoms with Crippen molar-refractivity contribution in [3.63, 3.8) is 0 Å². The minimum absolute atomic E-state index is 1.19. The number of fused-ring (bicyclic) bond motifs is 2. The molecule has 2 heterocycles. The summed E-state index contributed by atoms with van der Waals surface area (Å²) >= 11 is 0. The van der Waals surface area contributed by atoms with E-state index in [4.69, 9.17) is 0 Å². The maximum Gasteiger partial charge on any atom is 0.212 e. The van der Waals surface area contributed by atoms with Gasteiger partial charge >= 0.3 is 0 Å². The smallest absolute Gasteiger partial charge is 0.198 e. The molecule has 0 atom stereocenters. The summed E-state index contributed by atoms with van der Waals surface area (Å²) in [7, 11) is 4.42. The van der Waals surface area contributed by atoms with Crippen LogP contribution in [0.25, 0.3) is 21.8 Å². The SMILES string of the molecule is C[n+]1c(CCCCCCCCCCCCc2ccc3ccccc3[n+]2C)ccc2ccccc21. The number of benzene rings is 2. The first kappa shape index (κ1) is 24.4. The zero-order valence-electron chi connectivity index (χ0n) is 21.3. The van der Waals surface area contributed by atoms with E-state index < -0.39 is 0 Å². The van der Waals surface area contributed by atoms with Gasteiger partial charge in [-0.3, -0.25) is 0 Å². The molecule has 0 saturated heterocycles. The van der Waals surface area contributed by atoms with Gasteiger partial charge in [-0.1, -0.05) is 75.6 Å². The molecule has 0 amide bonds. The summed E-state index contributed by atoms with van der Waals surface area (Å²) in [6.07, 6.45) is 16.1. The van der Waals surface area contributed by atoms with Gasteiger partial charge in [0.05, 0.1) is 0 Å². The lowest BCUT2D eigenvalue weighted by atomic mass is 10.0. The number of aromatic nitrogens is 2. The Morgan fingerprint density at radius 3 is 1.18 bits per heavy atom. The summed E-state index contributed by atoms with van der Waals surface area (Å²) in [6.45, 7) is 0. The van der Waals surface area contributed by atoms with Crippen LogP contribution in [0, 0.1) is 0 Å². The molecule has 0 aliphatic heterocycles. The van der Waals surface area contributed by atoms with Crippen LogP contribution >= 0.6 is 0 Å². The first-order valence-corrected chi connectivity index (χ1v) is 13.5. The number of pyridine rings is 2. The largest absolute Gasteiger partial charge is 0.212 e. The Labute approximate surface area is 206 Å². The average Bonchev–Trinajstić information content (AvgIpc) is 2.87. The molecule has 178 valence electrons. The van der Waals surface area contributed by atoms with Crippen LogP contribution in [0.1, 0.15) is 75.6 Å². The fraction of sp³-hybridized carbons (Fsp3) is 0.438. The third-order valence-corrected chi connectivity index (χ3v) is 7.48. The molecule has 0 aliphatic rings. The summed E-state index contributed by atoms with van der Waals surface area (Å²) in [5.74, 6) is 0. The number of hydrogen-bond donors (Lipinski definition) is 0. The molecular formula is C32H42N2+2. The maximum absolute atomic E-state index is 2.37. The third kappa shape index (κ3) is 6.44. The molecule has 4 rings (SSSR count). The Bertz CT molecular complexity index is 1100. The van der Waals surface area contributed by atoms with Crippen LogP contribution < -0.4 is 9.13 Å². The summed E-state index contributed by atoms with van der Waals surface area (Å²) < 4.78 is 4.74. The topological polar surface area (TPSA) is 7.76 Å². The third-order valence-electron chi connectivity index (χ3n) is 7.48. The second-order valence-electron chi connectivity index (χ2n) is 9.92. The van der Waals surface area contributed by atoms with Crippen molar-refractivity contribution >= 4 is 21.8 Å². The Morgan fingerprint density at radius 2 is 0.765 bits per heavy atom. The summed E-state index contributed by atoms with van der Waals surface area (Å²) in [6, 6.07) is 26.5. The number of aryl methyl sites for hydroxylation is 4. The molecule has 34 heavy (non-hydrogen) atoms. The van der Waals surface area contributed by atoms with Crippen molar-refractivity contribution in [2.45, 2.75) is 77.0 Å². The molecule has 0 N–H and O–H groups in total. The van der Waals surface area contributed by atoms with E-state index in [9.17, 15) is 0 Å². The van der Waals surface area contributed by atoms with Gasteiger partial charge in [-0.25, -0.2) is 0 Å². The van der Waals surface area contributed by atoms with Gasteiger partial charge < -0.3 is 0 Å². The van der Waals surface area contributed by atoms with Crippen molar-refractivity contribution < 1.29 is 9.13 Å². The minimum Gasteiger partial charge on any atom is -0.198 e. The van der Waals surface area contributed by atoms with E-state index in [1.165, 1.54) is 110 Å². The van der Waals surface area contributed by atoms with Gasteiger partial charge in [0.1, 0.15) is 14.1 Å². The molecule has 2 aromatic heterocycles. The number of para-hydroxylation sites is 2. The average molecular weight is 455 g/mol. The van der Waals surface area contributed by atoms with Crippen LogP contribution in [0.5, 0.6) is 0 Å². The van der Waals surface area contributed by atoms with Gasteiger partial charge in [0.15, 0.2) is 11.4 Å². The molecule has 4 aromatic rings. The highest BCUT2D eigenvalue weighted by molar-refractivity contribution is 5.75. The molecule has 2 heteroatoms. The molecular weight excluding hydrogens is 412 g/mol. The standard InChI is InChI=1S/C32H42N2/c1-33-29(25-23-27-17-13-15-21-31(27)33)19-11-9-7-5-3-4-6-8-10-12-20-30-26-24-28-18-14-16-22-32(28)34(30)2/h13-18,21-26H,3-12,19-20H2,1-2H3/q+2. The van der Waals surface area contributed by atoms with Crippen molar-refractivity contribution in [2.75, 3.05) is 0 Å². The molecule has 0 unspecified atom stereocenters. The lowest BCUT2D eigenvalue weighted by Gasteiger charge is -2.05. The fourth-order valence-electron chi connectivity index (χ4n) is 5.30. The molecule has 0 aliphatic carbocycles. The minimum atomic E-state index is 1.19. The number of rotatable bonds is 13. The molecule has 0 fully saturated rings. The monoisotopic (exact) mass is 454 g/mol. The van der Waals surface area contributed by atoms with Crippen LogP contribution in [-0.2, 0) is 26.9 Å². The summed E-state index contributed by atoms with van der Waals surface area (Å²) in [5, 5.41) is 2.66. The van der Waals surface area contributed by atoms with Crippen molar-refractivity contribution in [3.05, 3.63) is 84.2 Å². The van der Waals surface area contributed by atoms with E-state index in [1.807, 2.05) is 0 Å². The van der Waals surface area contributed by atoms with E-state index in [1.54, 1.807) is 0 Å². The number of hydrogen-bond acceptors (Lipinski definition) is 0. The Kier molecular flexibility index (Phi) is 9.07. The maximum atomic E-state index is 2.37. The Hall–Kier alpha value is -2.74. The quantitative estimate of drug-likeness (QED) is 0.148. The zero-order valence-corrected chi connectivity index (χ0v) is 21.3. The zero-order chi connectivity index (χ0) is 23.6. The molecule has 0 bridgehead atoms. The highest BCUT2D eigenvalue weighted by Crippen LogP contribution is 2.15. The predicted molar refractivity (Wildman–Crippen MR) is 144 cm³/mol. The highest BCUT2D eigenvalue weighted by Gasteiger charge is 2.11. The van der Waals surface area contributed by atoms with Crippen molar-refractivity contribution in [1.29, 1.82) is 0 Å². The van der Waals surface area contributed by atoms with Gasteiger partial charge in [0.25, 0.3) is 0 Å². The van der Waals surface area contributed by atoms with Crippen LogP contribution in [0.3, 0.4) is 0 Å². The van der Waals surface area contributed by atoms with Gasteiger partial charge in [-0.15, -0.1) is 0 Å². The van der Waals surface area contributed by atoms with Crippen LogP contribution in [0.2, 0.25) is 0 Å². The van der Waals surface area contributed by atoms with Gasteiger partial charge in [0.2, 0.25) is 11.0 Å². The lowest BCUT2D eigenvalue weighted by Crippen LogP contribution is -2.34. The van der Waals surface area contributed by atoms with Crippen molar-refractivity contribution in [1.82, 2.24) is 0 Å². The van der Waals surface area contributed by atoms with Gasteiger partial charge in [-0.05, 0) is 37.1 Å². The fourth-order valence-corrected chi connectivity index (χ4v) is 5.30. The molecule has 0 spiro atoms. The summed E-state index contributed by atoms with van der Waals surface area (Å²) in [4.78, 5) is 0. The molecule has 2 nitrogen and oxygen atoms in total. The van der Waals surface area contributed by atoms with Crippen LogP contribution in [-0.4, -0.2) is 0 Å². The van der Waals surface area contributed by atoms with E-state index in [-0.39, 0.29) is 0 Å². The normalized spacial score (nSPS) is 11.5. The van der Waals surface area contributed by atoms with Crippen molar-refractivity contribution in [3.8, 4) is 0 Å². The lowest BCUT2D eigenvalue weighted by molar-refractivity contribution is -0.653. The van der Waals surface area contributed by atoms with E-state index in [0.717, 1.165) is 0 Å². The second-order valence-corrected chi connectivity index (χ2v) is 9.92. The first-order valence-electron chi connectivity index (χ1n) is 13.5. The number of nitrogens with zero attached hydrogens (tertiary/aromatic N) is 2. The predicted octanol–water partition coefficient (Wildman–Crippen LogP) is 7.33. The molecule has 0 radical (unpaired) electrons. The van der Waals surface area contributed by atoms with Crippen LogP contribution in [0.4, 0.5) is 0 Å². The second kappa shape index (κ2) is 12.6.